The van der Waals surface area contributed by atoms with Crippen LogP contribution in [0.5, 0.6) is 0 Å². The van der Waals surface area contributed by atoms with Gasteiger partial charge in [0.1, 0.15) is 5.82 Å². The van der Waals surface area contributed by atoms with E-state index in [9.17, 15) is 9.18 Å². The molecule has 0 aliphatic heterocycles. The second kappa shape index (κ2) is 7.23. The summed E-state index contributed by atoms with van der Waals surface area (Å²) < 4.78 is 13.3. The predicted molar refractivity (Wildman–Crippen MR) is 87.1 cm³/mol. The predicted octanol–water partition coefficient (Wildman–Crippen LogP) is 2.97. The first-order valence-electron chi connectivity index (χ1n) is 6.82. The molecular weight excluding hydrogens is 291 g/mol. The van der Waals surface area contributed by atoms with Crippen LogP contribution in [0, 0.1) is 11.2 Å². The van der Waals surface area contributed by atoms with E-state index in [0.29, 0.717) is 18.7 Å². The lowest BCUT2D eigenvalue weighted by Crippen LogP contribution is -2.46. The van der Waals surface area contributed by atoms with Gasteiger partial charge in [0.25, 0.3) is 0 Å². The quantitative estimate of drug-likeness (QED) is 0.907. The van der Waals surface area contributed by atoms with Gasteiger partial charge in [-0.15, -0.1) is 12.4 Å². The van der Waals surface area contributed by atoms with Gasteiger partial charge in [-0.3, -0.25) is 4.79 Å². The molecule has 0 aliphatic rings. The lowest BCUT2D eigenvalue weighted by atomic mass is 9.82. The number of hydrogen-bond acceptors (Lipinski definition) is 2. The highest BCUT2D eigenvalue weighted by Gasteiger charge is 2.34. The molecule has 0 spiro atoms. The third-order valence-electron chi connectivity index (χ3n) is 3.65. The van der Waals surface area contributed by atoms with Gasteiger partial charge in [0.05, 0.1) is 5.41 Å². The number of carbonyl (C=O) groups is 1. The van der Waals surface area contributed by atoms with Crippen molar-refractivity contribution in [3.8, 4) is 0 Å². The summed E-state index contributed by atoms with van der Waals surface area (Å²) in [5, 5.41) is 0. The number of benzene rings is 1. The number of rotatable bonds is 5. The van der Waals surface area contributed by atoms with Crippen LogP contribution in [0.25, 0.3) is 0 Å². The summed E-state index contributed by atoms with van der Waals surface area (Å²) in [4.78, 5) is 14.3. The minimum atomic E-state index is -0.762. The highest BCUT2D eigenvalue weighted by molar-refractivity contribution is 5.87. The van der Waals surface area contributed by atoms with E-state index in [1.165, 1.54) is 12.1 Å². The van der Waals surface area contributed by atoms with E-state index in [0.717, 1.165) is 0 Å². The number of amides is 1. The molecule has 2 N–H and O–H groups in total. The lowest BCUT2D eigenvalue weighted by Gasteiger charge is -2.34. The summed E-state index contributed by atoms with van der Waals surface area (Å²) in [6.07, 6.45) is 0. The molecule has 1 aromatic carbocycles. The van der Waals surface area contributed by atoms with Crippen LogP contribution >= 0.6 is 12.4 Å². The van der Waals surface area contributed by atoms with E-state index in [-0.39, 0.29) is 29.5 Å². The van der Waals surface area contributed by atoms with Gasteiger partial charge in [-0.1, -0.05) is 26.0 Å². The van der Waals surface area contributed by atoms with Gasteiger partial charge in [-0.25, -0.2) is 4.39 Å². The summed E-state index contributed by atoms with van der Waals surface area (Å²) in [6, 6.07) is 6.21. The largest absolute Gasteiger partial charge is 0.344 e. The molecule has 5 heteroatoms. The van der Waals surface area contributed by atoms with E-state index in [1.54, 1.807) is 24.1 Å². The molecule has 3 nitrogen and oxygen atoms in total. The average Bonchev–Trinajstić information content (AvgIpc) is 2.37. The van der Waals surface area contributed by atoms with Gasteiger partial charge in [0, 0.05) is 13.6 Å². The third kappa shape index (κ3) is 4.97. The fraction of sp³-hybridized carbons (Fsp3) is 0.562. The molecule has 1 rings (SSSR count). The number of carbonyl (C=O) groups excluding carboxylic acids is 1. The molecule has 0 aromatic heterocycles. The molecule has 0 saturated carbocycles. The highest BCUT2D eigenvalue weighted by atomic mass is 35.5. The zero-order chi connectivity index (χ0) is 15.6. The molecule has 0 fully saturated rings. The maximum Gasteiger partial charge on any atom is 0.232 e. The molecule has 0 bridgehead atoms. The Morgan fingerprint density at radius 1 is 1.29 bits per heavy atom. The van der Waals surface area contributed by atoms with Crippen LogP contribution in [0.2, 0.25) is 0 Å². The first-order chi connectivity index (χ1) is 9.10. The minimum absolute atomic E-state index is 0. The Kier molecular flexibility index (Phi) is 6.84. The van der Waals surface area contributed by atoms with Crippen molar-refractivity contribution in [2.24, 2.45) is 11.1 Å². The van der Waals surface area contributed by atoms with Crippen molar-refractivity contribution in [3.05, 3.63) is 35.6 Å². The minimum Gasteiger partial charge on any atom is -0.344 e. The van der Waals surface area contributed by atoms with Crippen molar-refractivity contribution < 1.29 is 9.18 Å². The maximum absolute atomic E-state index is 13.3. The Balaban J connectivity index is 0.00000400. The number of likely N-dealkylation sites (N-methyl/N-ethyl adjacent to an activating group) is 1. The molecule has 0 atom stereocenters. The molecule has 0 radical (unpaired) electrons. The van der Waals surface area contributed by atoms with Crippen molar-refractivity contribution in [2.45, 2.75) is 33.1 Å². The van der Waals surface area contributed by atoms with Crippen LogP contribution < -0.4 is 5.73 Å². The zero-order valence-electron chi connectivity index (χ0n) is 13.4. The number of nitrogens with two attached hydrogens (primary N) is 1. The van der Waals surface area contributed by atoms with Crippen LogP contribution in [0.15, 0.2) is 24.3 Å². The number of hydrogen-bond donors (Lipinski definition) is 1. The second-order valence-electron chi connectivity index (χ2n) is 6.66. The Labute approximate surface area is 133 Å². The second-order valence-corrected chi connectivity index (χ2v) is 6.66. The van der Waals surface area contributed by atoms with E-state index in [2.05, 4.69) is 0 Å². The van der Waals surface area contributed by atoms with Gasteiger partial charge in [-0.05, 0) is 43.5 Å². The first-order valence-corrected chi connectivity index (χ1v) is 6.82. The van der Waals surface area contributed by atoms with E-state index < -0.39 is 5.41 Å². The van der Waals surface area contributed by atoms with Gasteiger partial charge in [0.15, 0.2) is 0 Å². The summed E-state index contributed by atoms with van der Waals surface area (Å²) in [5.74, 6) is -0.363. The van der Waals surface area contributed by atoms with Crippen molar-refractivity contribution in [1.29, 1.82) is 0 Å². The molecule has 0 aliphatic carbocycles. The summed E-state index contributed by atoms with van der Waals surface area (Å²) >= 11 is 0. The fourth-order valence-electron chi connectivity index (χ4n) is 2.26. The number of halogens is 2. The molecule has 1 aromatic rings. The Hall–Kier alpha value is -1.13. The number of nitrogens with zero attached hydrogens (tertiary/aromatic N) is 1. The third-order valence-corrected chi connectivity index (χ3v) is 3.65. The molecule has 1 amide bonds. The summed E-state index contributed by atoms with van der Waals surface area (Å²) in [7, 11) is 1.76. The standard InChI is InChI=1S/C16H25FN2O.ClH/c1-15(2,10-18)11-19(5)14(20)16(3,4)12-7-6-8-13(17)9-12;/h6-9H,10-11,18H2,1-5H3;1H. The summed E-state index contributed by atoms with van der Waals surface area (Å²) in [6.45, 7) is 8.75. The van der Waals surface area contributed by atoms with Crippen LogP contribution in [-0.2, 0) is 10.2 Å². The average molecular weight is 317 g/mol. The lowest BCUT2D eigenvalue weighted by molar-refractivity contribution is -0.136. The maximum atomic E-state index is 13.3. The van der Waals surface area contributed by atoms with Gasteiger partial charge < -0.3 is 10.6 Å². The first kappa shape index (κ1) is 19.9. The molecular formula is C16H26ClFN2O. The molecule has 0 saturated heterocycles. The Morgan fingerprint density at radius 3 is 2.33 bits per heavy atom. The molecule has 120 valence electrons. The molecule has 0 unspecified atom stereocenters. The Morgan fingerprint density at radius 2 is 1.86 bits per heavy atom. The van der Waals surface area contributed by atoms with Crippen molar-refractivity contribution in [1.82, 2.24) is 4.90 Å². The Bertz CT molecular complexity index is 489. The normalized spacial score (nSPS) is 11.8. The van der Waals surface area contributed by atoms with Crippen LogP contribution in [-0.4, -0.2) is 30.9 Å². The molecule has 21 heavy (non-hydrogen) atoms. The van der Waals surface area contributed by atoms with Crippen molar-refractivity contribution >= 4 is 18.3 Å². The summed E-state index contributed by atoms with van der Waals surface area (Å²) in [5.41, 5.74) is 5.49. The SMILES string of the molecule is CN(CC(C)(C)CN)C(=O)C(C)(C)c1cccc(F)c1.Cl. The monoisotopic (exact) mass is 316 g/mol. The topological polar surface area (TPSA) is 46.3 Å². The van der Waals surface area contributed by atoms with Crippen molar-refractivity contribution in [2.75, 3.05) is 20.1 Å². The van der Waals surface area contributed by atoms with Crippen LogP contribution in [0.4, 0.5) is 4.39 Å². The van der Waals surface area contributed by atoms with E-state index in [1.807, 2.05) is 27.7 Å². The smallest absolute Gasteiger partial charge is 0.232 e. The van der Waals surface area contributed by atoms with E-state index in [4.69, 9.17) is 5.73 Å². The fourth-order valence-corrected chi connectivity index (χ4v) is 2.26. The zero-order valence-corrected chi connectivity index (χ0v) is 14.3. The molecule has 0 heterocycles. The highest BCUT2D eigenvalue weighted by Crippen LogP contribution is 2.27. The van der Waals surface area contributed by atoms with Gasteiger partial charge in [-0.2, -0.15) is 0 Å². The van der Waals surface area contributed by atoms with E-state index >= 15 is 0 Å². The van der Waals surface area contributed by atoms with Gasteiger partial charge in [0.2, 0.25) is 5.91 Å². The van der Waals surface area contributed by atoms with Crippen LogP contribution in [0.1, 0.15) is 33.3 Å². The van der Waals surface area contributed by atoms with Crippen molar-refractivity contribution in [3.63, 3.8) is 0 Å². The van der Waals surface area contributed by atoms with Crippen LogP contribution in [0.3, 0.4) is 0 Å². The van der Waals surface area contributed by atoms with Gasteiger partial charge >= 0.3 is 0 Å².